The van der Waals surface area contributed by atoms with Crippen LogP contribution in [0.5, 0.6) is 5.75 Å². The second kappa shape index (κ2) is 6.20. The van der Waals surface area contributed by atoms with Crippen LogP contribution in [0.4, 0.5) is 10.1 Å². The molecule has 0 unspecified atom stereocenters. The molecule has 0 aromatic heterocycles. The summed E-state index contributed by atoms with van der Waals surface area (Å²) in [7, 11) is 1.37. The second-order valence-corrected chi connectivity index (χ2v) is 4.13. The van der Waals surface area contributed by atoms with Gasteiger partial charge in [0, 0.05) is 5.56 Å². The molecule has 0 aliphatic heterocycles. The highest BCUT2D eigenvalue weighted by Gasteiger charge is 2.11. The van der Waals surface area contributed by atoms with E-state index in [-0.39, 0.29) is 10.8 Å². The zero-order valence-electron chi connectivity index (χ0n) is 10.2. The van der Waals surface area contributed by atoms with Crippen LogP contribution in [0.3, 0.4) is 0 Å². The molecule has 5 heteroatoms. The molecule has 0 saturated carbocycles. The molecule has 0 fully saturated rings. The maximum Gasteiger partial charge on any atom is 0.175 e. The summed E-state index contributed by atoms with van der Waals surface area (Å²) in [5.74, 6) is -0.515. The van der Waals surface area contributed by atoms with Crippen LogP contribution in [0.25, 0.3) is 0 Å². The van der Waals surface area contributed by atoms with Crippen molar-refractivity contribution in [3.05, 3.63) is 58.9 Å². The Morgan fingerprint density at radius 2 is 1.95 bits per heavy atom. The lowest BCUT2D eigenvalue weighted by atomic mass is 10.2. The van der Waals surface area contributed by atoms with E-state index in [1.165, 1.54) is 19.4 Å². The van der Waals surface area contributed by atoms with E-state index in [0.717, 1.165) is 5.69 Å². The molecular formula is C14H12ClFN2O. The number of hydrogen-bond acceptors (Lipinski definition) is 3. The molecule has 98 valence electrons. The average Bonchev–Trinajstić information content (AvgIpc) is 2.43. The molecule has 0 saturated heterocycles. The van der Waals surface area contributed by atoms with Crippen molar-refractivity contribution in [2.24, 2.45) is 5.10 Å². The smallest absolute Gasteiger partial charge is 0.175 e. The molecule has 0 aliphatic rings. The summed E-state index contributed by atoms with van der Waals surface area (Å²) in [6, 6.07) is 12.5. The predicted molar refractivity (Wildman–Crippen MR) is 75.6 cm³/mol. The number of hydrazone groups is 1. The first-order chi connectivity index (χ1) is 9.22. The molecule has 3 nitrogen and oxygen atoms in total. The van der Waals surface area contributed by atoms with Gasteiger partial charge < -0.3 is 4.74 Å². The Morgan fingerprint density at radius 3 is 2.63 bits per heavy atom. The van der Waals surface area contributed by atoms with Crippen LogP contribution >= 0.6 is 11.6 Å². The summed E-state index contributed by atoms with van der Waals surface area (Å²) in [4.78, 5) is 0. The number of nitrogens with one attached hydrogen (secondary N) is 1. The largest absolute Gasteiger partial charge is 0.492 e. The maximum absolute atomic E-state index is 13.9. The molecule has 2 aromatic carbocycles. The van der Waals surface area contributed by atoms with Crippen LogP contribution in [0.2, 0.25) is 5.02 Å². The predicted octanol–water partition coefficient (Wildman–Crippen LogP) is 3.93. The number of benzene rings is 2. The highest BCUT2D eigenvalue weighted by Crippen LogP contribution is 2.28. The number of hydrogen-bond donors (Lipinski definition) is 1. The highest BCUT2D eigenvalue weighted by molar-refractivity contribution is 6.32. The lowest BCUT2D eigenvalue weighted by Gasteiger charge is -2.06. The fourth-order valence-electron chi connectivity index (χ4n) is 1.52. The van der Waals surface area contributed by atoms with Gasteiger partial charge in [0.25, 0.3) is 0 Å². The topological polar surface area (TPSA) is 33.6 Å². The summed E-state index contributed by atoms with van der Waals surface area (Å²) >= 11 is 5.81. The van der Waals surface area contributed by atoms with E-state index in [0.29, 0.717) is 5.56 Å². The van der Waals surface area contributed by atoms with E-state index >= 15 is 0 Å². The van der Waals surface area contributed by atoms with Crippen molar-refractivity contribution in [3.63, 3.8) is 0 Å². The molecule has 0 amide bonds. The van der Waals surface area contributed by atoms with Crippen LogP contribution in [-0.2, 0) is 0 Å². The van der Waals surface area contributed by atoms with Gasteiger partial charge in [-0.2, -0.15) is 5.10 Å². The fourth-order valence-corrected chi connectivity index (χ4v) is 1.75. The van der Waals surface area contributed by atoms with Crippen molar-refractivity contribution in [1.29, 1.82) is 0 Å². The van der Waals surface area contributed by atoms with Crippen LogP contribution in [0.1, 0.15) is 5.56 Å². The van der Waals surface area contributed by atoms with Gasteiger partial charge in [0.2, 0.25) is 0 Å². The minimum Gasteiger partial charge on any atom is -0.492 e. The third-order valence-corrected chi connectivity index (χ3v) is 2.75. The standard InChI is InChI=1S/C14H12ClFN2O/c1-19-14-12(15)8-7-10(13(14)16)9-17-18-11-5-3-2-4-6-11/h2-9,18H,1H3. The molecular weight excluding hydrogens is 267 g/mol. The van der Waals surface area contributed by atoms with Gasteiger partial charge in [0.15, 0.2) is 11.6 Å². The van der Waals surface area contributed by atoms with E-state index in [4.69, 9.17) is 16.3 Å². The van der Waals surface area contributed by atoms with Gasteiger partial charge in [-0.25, -0.2) is 4.39 Å². The van der Waals surface area contributed by atoms with E-state index in [9.17, 15) is 4.39 Å². The molecule has 2 aromatic rings. The monoisotopic (exact) mass is 278 g/mol. The number of ether oxygens (including phenoxy) is 1. The molecule has 0 bridgehead atoms. The molecule has 2 rings (SSSR count). The van der Waals surface area contributed by atoms with Crippen molar-refractivity contribution in [1.82, 2.24) is 0 Å². The Balaban J connectivity index is 2.15. The molecule has 19 heavy (non-hydrogen) atoms. The Hall–Kier alpha value is -2.07. The number of methoxy groups -OCH3 is 1. The van der Waals surface area contributed by atoms with E-state index < -0.39 is 5.82 Å². The zero-order chi connectivity index (χ0) is 13.7. The number of rotatable bonds is 4. The lowest BCUT2D eigenvalue weighted by Crippen LogP contribution is -1.97. The number of nitrogens with zero attached hydrogens (tertiary/aromatic N) is 1. The van der Waals surface area contributed by atoms with Gasteiger partial charge in [0.1, 0.15) is 0 Å². The summed E-state index contributed by atoms with van der Waals surface area (Å²) < 4.78 is 18.8. The van der Waals surface area contributed by atoms with Gasteiger partial charge in [0.05, 0.1) is 24.0 Å². The SMILES string of the molecule is COc1c(Cl)ccc(C=NNc2ccccc2)c1F. The molecule has 0 spiro atoms. The summed E-state index contributed by atoms with van der Waals surface area (Å²) in [5, 5.41) is 4.19. The number of halogens is 2. The molecule has 0 radical (unpaired) electrons. The van der Waals surface area contributed by atoms with Gasteiger partial charge in [-0.05, 0) is 24.3 Å². The second-order valence-electron chi connectivity index (χ2n) is 3.72. The lowest BCUT2D eigenvalue weighted by molar-refractivity contribution is 0.386. The Labute approximate surface area is 115 Å². The van der Waals surface area contributed by atoms with Crippen molar-refractivity contribution >= 4 is 23.5 Å². The summed E-state index contributed by atoms with van der Waals surface area (Å²) in [5.41, 5.74) is 3.92. The Bertz CT molecular complexity index is 587. The molecule has 0 atom stereocenters. The Morgan fingerprint density at radius 1 is 1.21 bits per heavy atom. The van der Waals surface area contributed by atoms with Crippen molar-refractivity contribution in [2.45, 2.75) is 0 Å². The first kappa shape index (κ1) is 13.4. The molecule has 0 heterocycles. The summed E-state index contributed by atoms with van der Waals surface area (Å²) in [6.45, 7) is 0. The minimum atomic E-state index is -0.534. The van der Waals surface area contributed by atoms with Crippen LogP contribution < -0.4 is 10.2 Å². The molecule has 0 aliphatic carbocycles. The fraction of sp³-hybridized carbons (Fsp3) is 0.0714. The van der Waals surface area contributed by atoms with E-state index in [1.54, 1.807) is 6.07 Å². The van der Waals surface area contributed by atoms with Gasteiger partial charge >= 0.3 is 0 Å². The first-order valence-electron chi connectivity index (χ1n) is 5.58. The number of anilines is 1. The average molecular weight is 279 g/mol. The van der Waals surface area contributed by atoms with Gasteiger partial charge in [-0.3, -0.25) is 5.43 Å². The third kappa shape index (κ3) is 3.23. The van der Waals surface area contributed by atoms with Crippen LogP contribution in [0, 0.1) is 5.82 Å². The van der Waals surface area contributed by atoms with Crippen molar-refractivity contribution < 1.29 is 9.13 Å². The number of para-hydroxylation sites is 1. The normalized spacial score (nSPS) is 10.7. The zero-order valence-corrected chi connectivity index (χ0v) is 11.0. The summed E-state index contributed by atoms with van der Waals surface area (Å²) in [6.07, 6.45) is 1.38. The molecule has 1 N–H and O–H groups in total. The van der Waals surface area contributed by atoms with Crippen molar-refractivity contribution in [2.75, 3.05) is 12.5 Å². The Kier molecular flexibility index (Phi) is 4.36. The quantitative estimate of drug-likeness (QED) is 0.679. The third-order valence-electron chi connectivity index (χ3n) is 2.45. The van der Waals surface area contributed by atoms with Gasteiger partial charge in [-0.1, -0.05) is 29.8 Å². The van der Waals surface area contributed by atoms with E-state index in [2.05, 4.69) is 10.5 Å². The van der Waals surface area contributed by atoms with Crippen molar-refractivity contribution in [3.8, 4) is 5.75 Å². The van der Waals surface area contributed by atoms with Crippen LogP contribution in [0.15, 0.2) is 47.6 Å². The van der Waals surface area contributed by atoms with Crippen LogP contribution in [-0.4, -0.2) is 13.3 Å². The first-order valence-corrected chi connectivity index (χ1v) is 5.96. The van der Waals surface area contributed by atoms with Gasteiger partial charge in [-0.15, -0.1) is 0 Å². The van der Waals surface area contributed by atoms with E-state index in [1.807, 2.05) is 30.3 Å². The minimum absolute atomic E-state index is 0.0188. The maximum atomic E-state index is 13.9. The highest BCUT2D eigenvalue weighted by atomic mass is 35.5.